The predicted molar refractivity (Wildman–Crippen MR) is 102 cm³/mol. The Balaban J connectivity index is 1.90. The first-order valence-electron chi connectivity index (χ1n) is 9.23. The Morgan fingerprint density at radius 1 is 1.07 bits per heavy atom. The minimum absolute atomic E-state index is 0.303. The van der Waals surface area contributed by atoms with Crippen molar-refractivity contribution in [3.05, 3.63) is 56.5 Å². The molecular weight excluding hydrogens is 349 g/mol. The number of hydrogen-bond donors (Lipinski definition) is 1. The molecule has 0 saturated carbocycles. The molecule has 4 rings (SSSR count). The van der Waals surface area contributed by atoms with Crippen LogP contribution in [0.15, 0.2) is 33.9 Å². The number of benzene rings is 1. The van der Waals surface area contributed by atoms with Crippen LogP contribution in [0, 0.1) is 5.82 Å². The van der Waals surface area contributed by atoms with Gasteiger partial charge in [-0.1, -0.05) is 25.0 Å². The number of halogens is 1. The van der Waals surface area contributed by atoms with Gasteiger partial charge in [0.1, 0.15) is 5.82 Å². The molecular formula is C19H22FN5O2. The van der Waals surface area contributed by atoms with Gasteiger partial charge in [-0.25, -0.2) is 9.18 Å². The molecule has 0 aliphatic carbocycles. The summed E-state index contributed by atoms with van der Waals surface area (Å²) in [7, 11) is 1.60. The van der Waals surface area contributed by atoms with Crippen molar-refractivity contribution in [2.75, 3.05) is 18.0 Å². The number of nitrogens with zero attached hydrogens (tertiary/aromatic N) is 4. The Morgan fingerprint density at radius 3 is 2.41 bits per heavy atom. The highest BCUT2D eigenvalue weighted by Crippen LogP contribution is 2.24. The van der Waals surface area contributed by atoms with Gasteiger partial charge in [0, 0.05) is 20.1 Å². The Kier molecular flexibility index (Phi) is 4.55. The van der Waals surface area contributed by atoms with Crippen molar-refractivity contribution in [2.45, 2.75) is 32.2 Å². The van der Waals surface area contributed by atoms with Crippen molar-refractivity contribution >= 4 is 17.1 Å². The van der Waals surface area contributed by atoms with E-state index in [-0.39, 0.29) is 5.82 Å². The first-order valence-corrected chi connectivity index (χ1v) is 9.23. The van der Waals surface area contributed by atoms with Gasteiger partial charge in [0.05, 0.1) is 6.54 Å². The zero-order valence-electron chi connectivity index (χ0n) is 15.2. The molecule has 0 unspecified atom stereocenters. The van der Waals surface area contributed by atoms with Crippen LogP contribution < -0.4 is 16.1 Å². The highest BCUT2D eigenvalue weighted by atomic mass is 19.1. The number of fused-ring (bicyclic) bond motifs is 1. The van der Waals surface area contributed by atoms with Crippen molar-refractivity contribution in [1.82, 2.24) is 19.1 Å². The third kappa shape index (κ3) is 3.27. The zero-order chi connectivity index (χ0) is 19.0. The second-order valence-electron chi connectivity index (χ2n) is 7.02. The van der Waals surface area contributed by atoms with Crippen molar-refractivity contribution in [2.24, 2.45) is 7.05 Å². The van der Waals surface area contributed by atoms with Gasteiger partial charge in [0.2, 0.25) is 5.95 Å². The maximum atomic E-state index is 13.3. The summed E-state index contributed by atoms with van der Waals surface area (Å²) in [5.74, 6) is 0.380. The summed E-state index contributed by atoms with van der Waals surface area (Å²) in [4.78, 5) is 33.8. The second kappa shape index (κ2) is 7.02. The molecule has 2 aromatic heterocycles. The second-order valence-corrected chi connectivity index (χ2v) is 7.02. The predicted octanol–water partition coefficient (Wildman–Crippen LogP) is 1.99. The van der Waals surface area contributed by atoms with Gasteiger partial charge in [0.25, 0.3) is 5.56 Å². The molecule has 1 aromatic carbocycles. The minimum atomic E-state index is -0.485. The summed E-state index contributed by atoms with van der Waals surface area (Å²) in [5, 5.41) is 0. The van der Waals surface area contributed by atoms with E-state index in [0.717, 1.165) is 31.5 Å². The number of anilines is 1. The van der Waals surface area contributed by atoms with Crippen molar-refractivity contribution in [1.29, 1.82) is 0 Å². The lowest BCUT2D eigenvalue weighted by Gasteiger charge is -2.22. The molecule has 0 radical (unpaired) electrons. The van der Waals surface area contributed by atoms with Crippen LogP contribution in [0.5, 0.6) is 0 Å². The molecule has 142 valence electrons. The fourth-order valence-electron chi connectivity index (χ4n) is 3.66. The van der Waals surface area contributed by atoms with Gasteiger partial charge in [-0.05, 0) is 30.5 Å². The third-order valence-corrected chi connectivity index (χ3v) is 5.13. The molecule has 0 amide bonds. The lowest BCUT2D eigenvalue weighted by atomic mass is 10.2. The van der Waals surface area contributed by atoms with E-state index in [2.05, 4.69) is 14.9 Å². The van der Waals surface area contributed by atoms with E-state index in [9.17, 15) is 14.0 Å². The number of rotatable bonds is 3. The first-order chi connectivity index (χ1) is 13.0. The van der Waals surface area contributed by atoms with E-state index in [0.29, 0.717) is 23.7 Å². The molecule has 3 heterocycles. The van der Waals surface area contributed by atoms with Gasteiger partial charge in [0.15, 0.2) is 11.2 Å². The zero-order valence-corrected chi connectivity index (χ0v) is 15.2. The lowest BCUT2D eigenvalue weighted by molar-refractivity contribution is 0.626. The molecule has 0 atom stereocenters. The van der Waals surface area contributed by atoms with Crippen LogP contribution >= 0.6 is 0 Å². The van der Waals surface area contributed by atoms with Crippen LogP contribution in [0.4, 0.5) is 10.3 Å². The van der Waals surface area contributed by atoms with Crippen molar-refractivity contribution in [3.63, 3.8) is 0 Å². The van der Waals surface area contributed by atoms with E-state index >= 15 is 0 Å². The highest BCUT2D eigenvalue weighted by molar-refractivity contribution is 5.74. The van der Waals surface area contributed by atoms with Crippen LogP contribution in [0.2, 0.25) is 0 Å². The molecule has 1 N–H and O–H groups in total. The first kappa shape index (κ1) is 17.5. The summed E-state index contributed by atoms with van der Waals surface area (Å²) in [6, 6.07) is 6.20. The largest absolute Gasteiger partial charge is 0.342 e. The monoisotopic (exact) mass is 371 g/mol. The minimum Gasteiger partial charge on any atom is -0.342 e. The maximum absolute atomic E-state index is 13.3. The SMILES string of the molecule is Cn1c(=O)[nH]c(=O)c2c1nc(N1CCCCCC1)n2Cc1ccc(F)cc1. The number of imidazole rings is 1. The van der Waals surface area contributed by atoms with Crippen LogP contribution in [0.1, 0.15) is 31.2 Å². The van der Waals surface area contributed by atoms with Gasteiger partial charge in [-0.3, -0.25) is 18.9 Å². The summed E-state index contributed by atoms with van der Waals surface area (Å²) >= 11 is 0. The van der Waals surface area contributed by atoms with Crippen molar-refractivity contribution < 1.29 is 4.39 Å². The molecule has 3 aromatic rings. The quantitative estimate of drug-likeness (QED) is 0.764. The molecule has 0 bridgehead atoms. The van der Waals surface area contributed by atoms with Gasteiger partial charge in [-0.2, -0.15) is 4.98 Å². The molecule has 7 nitrogen and oxygen atoms in total. The van der Waals surface area contributed by atoms with Gasteiger partial charge < -0.3 is 4.90 Å². The van der Waals surface area contributed by atoms with Crippen LogP contribution in [-0.4, -0.2) is 32.2 Å². The molecule has 27 heavy (non-hydrogen) atoms. The average molecular weight is 371 g/mol. The average Bonchev–Trinajstić information content (AvgIpc) is 2.83. The Morgan fingerprint density at radius 2 is 1.74 bits per heavy atom. The van der Waals surface area contributed by atoms with E-state index in [1.54, 1.807) is 19.2 Å². The number of hydrogen-bond acceptors (Lipinski definition) is 4. The Labute approximate surface area is 155 Å². The van der Waals surface area contributed by atoms with E-state index in [1.807, 2.05) is 4.57 Å². The number of H-pyrrole nitrogens is 1. The van der Waals surface area contributed by atoms with Crippen LogP contribution in [-0.2, 0) is 13.6 Å². The van der Waals surface area contributed by atoms with Crippen molar-refractivity contribution in [3.8, 4) is 0 Å². The summed E-state index contributed by atoms with van der Waals surface area (Å²) in [6.07, 6.45) is 4.48. The number of aromatic amines is 1. The molecule has 0 spiro atoms. The number of nitrogens with one attached hydrogen (secondary N) is 1. The standard InChI is InChI=1S/C19H22FN5O2/c1-23-16-15(17(26)22-19(23)27)25(12-13-6-8-14(20)9-7-13)18(21-16)24-10-4-2-3-5-11-24/h6-9H,2-5,10-12H2,1H3,(H,22,26,27). The molecule has 8 heteroatoms. The third-order valence-electron chi connectivity index (χ3n) is 5.13. The van der Waals surface area contributed by atoms with Gasteiger partial charge in [-0.15, -0.1) is 0 Å². The smallest absolute Gasteiger partial charge is 0.329 e. The summed E-state index contributed by atoms with van der Waals surface area (Å²) in [5.41, 5.74) is 0.649. The fourth-order valence-corrected chi connectivity index (χ4v) is 3.66. The van der Waals surface area contributed by atoms with Crippen LogP contribution in [0.25, 0.3) is 11.2 Å². The maximum Gasteiger partial charge on any atom is 0.329 e. The Bertz CT molecular complexity index is 1070. The van der Waals surface area contributed by atoms with Gasteiger partial charge >= 0.3 is 5.69 Å². The topological polar surface area (TPSA) is 75.9 Å². The summed E-state index contributed by atoms with van der Waals surface area (Å²) in [6.45, 7) is 2.10. The molecule has 1 aliphatic heterocycles. The van der Waals surface area contributed by atoms with Crippen LogP contribution in [0.3, 0.4) is 0 Å². The van der Waals surface area contributed by atoms with E-state index in [4.69, 9.17) is 0 Å². The number of aromatic nitrogens is 4. The molecule has 1 aliphatic rings. The molecule has 1 saturated heterocycles. The molecule has 1 fully saturated rings. The Hall–Kier alpha value is -2.90. The number of aryl methyl sites for hydroxylation is 1. The van der Waals surface area contributed by atoms with E-state index in [1.165, 1.54) is 29.5 Å². The highest BCUT2D eigenvalue weighted by Gasteiger charge is 2.22. The summed E-state index contributed by atoms with van der Waals surface area (Å²) < 4.78 is 16.5. The lowest BCUT2D eigenvalue weighted by Crippen LogP contribution is -2.30. The van der Waals surface area contributed by atoms with E-state index < -0.39 is 11.2 Å². The fraction of sp³-hybridized carbons (Fsp3) is 0.421. The normalized spacial score (nSPS) is 15.3.